The highest BCUT2D eigenvalue weighted by molar-refractivity contribution is 7.14. The van der Waals surface area contributed by atoms with Crippen molar-refractivity contribution in [2.24, 2.45) is 0 Å². The number of nitrogens with zero attached hydrogens (tertiary/aromatic N) is 1. The van der Waals surface area contributed by atoms with Gasteiger partial charge in [0.15, 0.2) is 0 Å². The van der Waals surface area contributed by atoms with Gasteiger partial charge in [-0.05, 0) is 30.4 Å². The van der Waals surface area contributed by atoms with Crippen molar-refractivity contribution in [2.45, 2.75) is 19.7 Å². The molecule has 1 radical (unpaired) electrons. The Morgan fingerprint density at radius 3 is 3.09 bits per heavy atom. The number of hydrogen-bond acceptors (Lipinski definition) is 2. The molecule has 2 rings (SSSR count). The van der Waals surface area contributed by atoms with E-state index in [4.69, 9.17) is 0 Å². The van der Waals surface area contributed by atoms with Crippen LogP contribution in [0.3, 0.4) is 0 Å². The molecule has 0 N–H and O–H groups in total. The summed E-state index contributed by atoms with van der Waals surface area (Å²) < 4.78 is 0. The van der Waals surface area contributed by atoms with Gasteiger partial charge in [-0.3, -0.25) is 0 Å². The smallest absolute Gasteiger partial charge is 0.247 e. The molecule has 0 unspecified atom stereocenters. The standard InChI is InChI=1S/C8H11BNS/c1-7-5-8(11-6-7)10-4-2-3-9-10/h5-6H,2-4H2,1H3. The summed E-state index contributed by atoms with van der Waals surface area (Å²) in [7, 11) is 2.30. The van der Waals surface area contributed by atoms with Crippen molar-refractivity contribution >= 4 is 23.8 Å². The van der Waals surface area contributed by atoms with Gasteiger partial charge in [-0.15, -0.1) is 11.3 Å². The quantitative estimate of drug-likeness (QED) is 0.575. The molecule has 0 aliphatic carbocycles. The molecule has 3 heteroatoms. The van der Waals surface area contributed by atoms with Crippen molar-refractivity contribution in [1.82, 2.24) is 0 Å². The SMILES string of the molecule is Cc1csc(N2[B]CCC2)c1. The molecule has 57 valence electrons. The monoisotopic (exact) mass is 164 g/mol. The Balaban J connectivity index is 2.15. The fourth-order valence-corrected chi connectivity index (χ4v) is 2.30. The summed E-state index contributed by atoms with van der Waals surface area (Å²) >= 11 is 1.84. The molecule has 1 aliphatic heterocycles. The van der Waals surface area contributed by atoms with Crippen LogP contribution in [0.15, 0.2) is 11.4 Å². The Hall–Kier alpha value is -0.435. The Morgan fingerprint density at radius 2 is 2.55 bits per heavy atom. The minimum atomic E-state index is 1.21. The summed E-state index contributed by atoms with van der Waals surface area (Å²) in [6, 6.07) is 2.26. The van der Waals surface area contributed by atoms with Crippen molar-refractivity contribution in [3.8, 4) is 0 Å². The predicted octanol–water partition coefficient (Wildman–Crippen LogP) is 2.30. The van der Waals surface area contributed by atoms with Gasteiger partial charge in [0, 0.05) is 6.54 Å². The summed E-state index contributed by atoms with van der Waals surface area (Å²) in [5.41, 5.74) is 1.38. The fourth-order valence-electron chi connectivity index (χ4n) is 1.37. The second kappa shape index (κ2) is 2.90. The number of aryl methyl sites for hydroxylation is 1. The van der Waals surface area contributed by atoms with E-state index in [1.54, 1.807) is 0 Å². The number of rotatable bonds is 1. The molecule has 1 saturated heterocycles. The van der Waals surface area contributed by atoms with Gasteiger partial charge in [0.2, 0.25) is 7.41 Å². The summed E-state index contributed by atoms with van der Waals surface area (Å²) in [4.78, 5) is 2.36. The lowest BCUT2D eigenvalue weighted by Gasteiger charge is -2.13. The zero-order valence-corrected chi connectivity index (χ0v) is 7.53. The summed E-state index contributed by atoms with van der Waals surface area (Å²) in [5, 5.41) is 3.61. The normalized spacial score (nSPS) is 17.0. The van der Waals surface area contributed by atoms with Crippen molar-refractivity contribution < 1.29 is 0 Å². The Kier molecular flexibility index (Phi) is 1.90. The van der Waals surface area contributed by atoms with E-state index in [-0.39, 0.29) is 0 Å². The van der Waals surface area contributed by atoms with Crippen LogP contribution in [0.4, 0.5) is 5.00 Å². The zero-order chi connectivity index (χ0) is 7.68. The fraction of sp³-hybridized carbons (Fsp3) is 0.500. The highest BCUT2D eigenvalue weighted by Crippen LogP contribution is 2.26. The highest BCUT2D eigenvalue weighted by atomic mass is 32.1. The van der Waals surface area contributed by atoms with Gasteiger partial charge in [-0.25, -0.2) is 0 Å². The van der Waals surface area contributed by atoms with Gasteiger partial charge in [0.05, 0.1) is 5.00 Å². The van der Waals surface area contributed by atoms with E-state index in [0.29, 0.717) is 0 Å². The first-order valence-electron chi connectivity index (χ1n) is 4.01. The second-order valence-electron chi connectivity index (χ2n) is 2.98. The van der Waals surface area contributed by atoms with E-state index in [1.165, 1.54) is 29.9 Å². The molecular formula is C8H11BNS. The van der Waals surface area contributed by atoms with Crippen molar-refractivity contribution in [3.63, 3.8) is 0 Å². The number of thiophene rings is 1. The lowest BCUT2D eigenvalue weighted by molar-refractivity contribution is 0.988. The van der Waals surface area contributed by atoms with Gasteiger partial charge in [-0.2, -0.15) is 0 Å². The maximum atomic E-state index is 2.36. The van der Waals surface area contributed by atoms with Crippen LogP contribution in [0.5, 0.6) is 0 Å². The molecule has 2 heterocycles. The lowest BCUT2D eigenvalue weighted by Crippen LogP contribution is -2.18. The third-order valence-electron chi connectivity index (χ3n) is 1.95. The van der Waals surface area contributed by atoms with E-state index < -0.39 is 0 Å². The van der Waals surface area contributed by atoms with E-state index in [1.807, 2.05) is 11.3 Å². The molecule has 1 aromatic rings. The summed E-state index contributed by atoms with van der Waals surface area (Å²) in [5.74, 6) is 0. The molecule has 1 fully saturated rings. The van der Waals surface area contributed by atoms with Crippen molar-refractivity contribution in [2.75, 3.05) is 11.4 Å². The molecule has 1 nitrogen and oxygen atoms in total. The summed E-state index contributed by atoms with van der Waals surface area (Å²) in [6.07, 6.45) is 2.56. The molecular weight excluding hydrogens is 153 g/mol. The van der Waals surface area contributed by atoms with Gasteiger partial charge in [-0.1, -0.05) is 6.32 Å². The first-order valence-corrected chi connectivity index (χ1v) is 4.89. The molecule has 0 saturated carbocycles. The summed E-state index contributed by atoms with van der Waals surface area (Å²) in [6.45, 7) is 3.36. The van der Waals surface area contributed by atoms with Gasteiger partial charge in [0.1, 0.15) is 0 Å². The Labute approximate surface area is 72.3 Å². The Bertz CT molecular complexity index is 240. The highest BCUT2D eigenvalue weighted by Gasteiger charge is 2.14. The molecule has 0 atom stereocenters. The predicted molar refractivity (Wildman–Crippen MR) is 51.6 cm³/mol. The average Bonchev–Trinajstić information content (AvgIpc) is 2.55. The van der Waals surface area contributed by atoms with Crippen molar-refractivity contribution in [3.05, 3.63) is 17.0 Å². The van der Waals surface area contributed by atoms with E-state index in [0.717, 1.165) is 0 Å². The van der Waals surface area contributed by atoms with Crippen LogP contribution in [0, 0.1) is 6.92 Å². The Morgan fingerprint density at radius 1 is 1.64 bits per heavy atom. The van der Waals surface area contributed by atoms with Crippen LogP contribution >= 0.6 is 11.3 Å². The molecule has 0 aromatic carbocycles. The van der Waals surface area contributed by atoms with Crippen LogP contribution in [0.1, 0.15) is 12.0 Å². The zero-order valence-electron chi connectivity index (χ0n) is 6.71. The maximum absolute atomic E-state index is 2.36. The first kappa shape index (κ1) is 7.23. The molecule has 1 aromatic heterocycles. The molecule has 1 aliphatic rings. The van der Waals surface area contributed by atoms with Gasteiger partial charge in [0.25, 0.3) is 0 Å². The maximum Gasteiger partial charge on any atom is 0.247 e. The van der Waals surface area contributed by atoms with E-state index >= 15 is 0 Å². The topological polar surface area (TPSA) is 3.24 Å². The lowest BCUT2D eigenvalue weighted by atomic mass is 9.91. The molecule has 11 heavy (non-hydrogen) atoms. The number of anilines is 1. The molecule has 0 spiro atoms. The minimum absolute atomic E-state index is 1.21. The average molecular weight is 164 g/mol. The third kappa shape index (κ3) is 1.43. The van der Waals surface area contributed by atoms with E-state index in [9.17, 15) is 0 Å². The van der Waals surface area contributed by atoms with Crippen LogP contribution in [0.25, 0.3) is 0 Å². The van der Waals surface area contributed by atoms with Crippen LogP contribution in [-0.2, 0) is 0 Å². The van der Waals surface area contributed by atoms with Crippen molar-refractivity contribution in [1.29, 1.82) is 0 Å². The van der Waals surface area contributed by atoms with Crippen LogP contribution in [0.2, 0.25) is 6.32 Å². The van der Waals surface area contributed by atoms with Gasteiger partial charge >= 0.3 is 0 Å². The molecule has 0 bridgehead atoms. The van der Waals surface area contributed by atoms with Crippen LogP contribution in [-0.4, -0.2) is 14.0 Å². The molecule has 0 amide bonds. The number of hydrogen-bond donors (Lipinski definition) is 0. The second-order valence-corrected chi connectivity index (χ2v) is 3.87. The largest absolute Gasteiger partial charge is 0.411 e. The third-order valence-corrected chi connectivity index (χ3v) is 3.04. The van der Waals surface area contributed by atoms with Crippen LogP contribution < -0.4 is 4.81 Å². The van der Waals surface area contributed by atoms with Gasteiger partial charge < -0.3 is 4.81 Å². The van der Waals surface area contributed by atoms with E-state index in [2.05, 4.69) is 30.6 Å². The minimum Gasteiger partial charge on any atom is -0.411 e. The first-order chi connectivity index (χ1) is 5.36.